The van der Waals surface area contributed by atoms with E-state index in [2.05, 4.69) is 10.2 Å². The van der Waals surface area contributed by atoms with Crippen molar-refractivity contribution < 1.29 is 9.90 Å². The van der Waals surface area contributed by atoms with E-state index in [0.29, 0.717) is 6.42 Å². The zero-order valence-corrected chi connectivity index (χ0v) is 8.46. The number of hydrogen-bond acceptors (Lipinski definition) is 4. The summed E-state index contributed by atoms with van der Waals surface area (Å²) in [5.41, 5.74) is 0. The summed E-state index contributed by atoms with van der Waals surface area (Å²) in [4.78, 5) is 10.4. The Morgan fingerprint density at radius 3 is 3.21 bits per heavy atom. The molecule has 5 nitrogen and oxygen atoms in total. The van der Waals surface area contributed by atoms with Crippen LogP contribution >= 0.6 is 11.8 Å². The molecule has 0 atom stereocenters. The predicted octanol–water partition coefficient (Wildman–Crippen LogP) is 0.542. The molecule has 0 aliphatic carbocycles. The molecule has 14 heavy (non-hydrogen) atoms. The van der Waals surface area contributed by atoms with E-state index in [9.17, 15) is 4.79 Å². The third-order valence-corrected chi connectivity index (χ3v) is 3.09. The van der Waals surface area contributed by atoms with Gasteiger partial charge < -0.3 is 9.67 Å². The summed E-state index contributed by atoms with van der Waals surface area (Å²) < 4.78 is 2.04. The summed E-state index contributed by atoms with van der Waals surface area (Å²) in [6, 6.07) is 0. The average Bonchev–Trinajstić information content (AvgIpc) is 2.58. The Bertz CT molecular complexity index is 350. The maximum Gasteiger partial charge on any atom is 0.303 e. The highest BCUT2D eigenvalue weighted by Gasteiger charge is 2.16. The van der Waals surface area contributed by atoms with Crippen LogP contribution in [-0.2, 0) is 23.5 Å². The number of aromatic nitrogens is 3. The predicted molar refractivity (Wildman–Crippen MR) is 52.1 cm³/mol. The third kappa shape index (κ3) is 1.89. The Hall–Kier alpha value is -1.04. The van der Waals surface area contributed by atoms with E-state index >= 15 is 0 Å². The Balaban J connectivity index is 2.10. The van der Waals surface area contributed by atoms with Crippen LogP contribution in [0.25, 0.3) is 0 Å². The first-order valence-electron chi connectivity index (χ1n) is 4.48. The largest absolute Gasteiger partial charge is 0.481 e. The standard InChI is InChI=1S/C8H11N3O2S/c12-8(13)2-1-6-9-10-7-5-14-4-3-11(6)7/h1-5H2,(H,12,13). The fourth-order valence-electron chi connectivity index (χ4n) is 1.46. The van der Waals surface area contributed by atoms with Gasteiger partial charge in [0.2, 0.25) is 0 Å². The van der Waals surface area contributed by atoms with E-state index in [1.54, 1.807) is 0 Å². The van der Waals surface area contributed by atoms with E-state index in [0.717, 1.165) is 29.7 Å². The highest BCUT2D eigenvalue weighted by atomic mass is 32.2. The van der Waals surface area contributed by atoms with Crippen molar-refractivity contribution in [2.24, 2.45) is 0 Å². The smallest absolute Gasteiger partial charge is 0.303 e. The van der Waals surface area contributed by atoms with Crippen molar-refractivity contribution in [3.63, 3.8) is 0 Å². The van der Waals surface area contributed by atoms with Gasteiger partial charge in [0.15, 0.2) is 0 Å². The number of nitrogens with zero attached hydrogens (tertiary/aromatic N) is 3. The van der Waals surface area contributed by atoms with Crippen molar-refractivity contribution in [2.45, 2.75) is 25.1 Å². The van der Waals surface area contributed by atoms with Gasteiger partial charge >= 0.3 is 5.97 Å². The van der Waals surface area contributed by atoms with Crippen LogP contribution in [0.5, 0.6) is 0 Å². The molecule has 0 unspecified atom stereocenters. The van der Waals surface area contributed by atoms with Gasteiger partial charge in [-0.3, -0.25) is 4.79 Å². The van der Waals surface area contributed by atoms with Gasteiger partial charge in [-0.1, -0.05) is 0 Å². The zero-order chi connectivity index (χ0) is 9.97. The monoisotopic (exact) mass is 213 g/mol. The van der Waals surface area contributed by atoms with Crippen LogP contribution in [0.15, 0.2) is 0 Å². The first-order valence-corrected chi connectivity index (χ1v) is 5.63. The van der Waals surface area contributed by atoms with E-state index in [1.807, 2.05) is 16.3 Å². The fourth-order valence-corrected chi connectivity index (χ4v) is 2.31. The van der Waals surface area contributed by atoms with Crippen LogP contribution in [0.3, 0.4) is 0 Å². The minimum atomic E-state index is -0.785. The number of thioether (sulfide) groups is 1. The number of carboxylic acids is 1. The quantitative estimate of drug-likeness (QED) is 0.793. The Labute approximate surface area is 85.5 Å². The van der Waals surface area contributed by atoms with Gasteiger partial charge in [-0.2, -0.15) is 11.8 Å². The molecule has 1 aromatic heterocycles. The lowest BCUT2D eigenvalue weighted by Gasteiger charge is -2.13. The van der Waals surface area contributed by atoms with Crippen LogP contribution in [0, 0.1) is 0 Å². The molecule has 0 spiro atoms. The molecule has 0 amide bonds. The van der Waals surface area contributed by atoms with Gasteiger partial charge in [0, 0.05) is 18.7 Å². The third-order valence-electron chi connectivity index (χ3n) is 2.16. The van der Waals surface area contributed by atoms with Gasteiger partial charge in [0.25, 0.3) is 0 Å². The van der Waals surface area contributed by atoms with Gasteiger partial charge in [0.05, 0.1) is 12.2 Å². The van der Waals surface area contributed by atoms with Gasteiger partial charge in [0.1, 0.15) is 11.6 Å². The second-order valence-electron chi connectivity index (χ2n) is 3.13. The lowest BCUT2D eigenvalue weighted by molar-refractivity contribution is -0.137. The molecule has 6 heteroatoms. The van der Waals surface area contributed by atoms with Crippen LogP contribution in [0.2, 0.25) is 0 Å². The van der Waals surface area contributed by atoms with Crippen molar-refractivity contribution in [3.05, 3.63) is 11.6 Å². The lowest BCUT2D eigenvalue weighted by Crippen LogP contribution is -2.14. The summed E-state index contributed by atoms with van der Waals surface area (Å²) in [5.74, 6) is 2.95. The van der Waals surface area contributed by atoms with Gasteiger partial charge in [-0.05, 0) is 0 Å². The Morgan fingerprint density at radius 1 is 1.57 bits per heavy atom. The summed E-state index contributed by atoms with van der Waals surface area (Å²) in [6.07, 6.45) is 0.609. The molecule has 1 aliphatic heterocycles. The van der Waals surface area contributed by atoms with Gasteiger partial charge in [-0.15, -0.1) is 10.2 Å². The molecule has 76 valence electrons. The number of aliphatic carboxylic acids is 1. The summed E-state index contributed by atoms with van der Waals surface area (Å²) in [5, 5.41) is 16.6. The number of rotatable bonds is 3. The van der Waals surface area contributed by atoms with Gasteiger partial charge in [-0.25, -0.2) is 0 Å². The van der Waals surface area contributed by atoms with Crippen LogP contribution in [0.1, 0.15) is 18.1 Å². The van der Waals surface area contributed by atoms with E-state index < -0.39 is 5.97 Å². The first-order chi connectivity index (χ1) is 6.77. The summed E-state index contributed by atoms with van der Waals surface area (Å²) in [6.45, 7) is 0.905. The summed E-state index contributed by atoms with van der Waals surface area (Å²) >= 11 is 1.84. The highest BCUT2D eigenvalue weighted by Crippen LogP contribution is 2.18. The molecule has 2 rings (SSSR count). The molecule has 1 N–H and O–H groups in total. The number of carbonyl (C=O) groups is 1. The fraction of sp³-hybridized carbons (Fsp3) is 0.625. The van der Waals surface area contributed by atoms with E-state index in [-0.39, 0.29) is 6.42 Å². The Kier molecular flexibility index (Phi) is 2.72. The van der Waals surface area contributed by atoms with Crippen molar-refractivity contribution in [1.82, 2.24) is 14.8 Å². The lowest BCUT2D eigenvalue weighted by atomic mass is 10.3. The molecule has 0 aromatic carbocycles. The molecule has 1 aromatic rings. The SMILES string of the molecule is O=C(O)CCc1nnc2n1CCSC2. The molecular weight excluding hydrogens is 202 g/mol. The van der Waals surface area contributed by atoms with E-state index in [1.165, 1.54) is 0 Å². The topological polar surface area (TPSA) is 68.0 Å². The molecule has 0 saturated heterocycles. The molecule has 1 aliphatic rings. The van der Waals surface area contributed by atoms with Crippen molar-refractivity contribution >= 4 is 17.7 Å². The summed E-state index contributed by atoms with van der Waals surface area (Å²) in [7, 11) is 0. The number of hydrogen-bond donors (Lipinski definition) is 1. The minimum absolute atomic E-state index is 0.130. The van der Waals surface area contributed by atoms with Crippen molar-refractivity contribution in [3.8, 4) is 0 Å². The van der Waals surface area contributed by atoms with Crippen LogP contribution < -0.4 is 0 Å². The number of fused-ring (bicyclic) bond motifs is 1. The average molecular weight is 213 g/mol. The second-order valence-corrected chi connectivity index (χ2v) is 4.24. The second kappa shape index (κ2) is 4.00. The molecular formula is C8H11N3O2S. The maximum absolute atomic E-state index is 10.4. The Morgan fingerprint density at radius 2 is 2.43 bits per heavy atom. The van der Waals surface area contributed by atoms with Crippen LogP contribution in [0.4, 0.5) is 0 Å². The van der Waals surface area contributed by atoms with Crippen molar-refractivity contribution in [1.29, 1.82) is 0 Å². The molecule has 0 bridgehead atoms. The maximum atomic E-state index is 10.4. The minimum Gasteiger partial charge on any atom is -0.481 e. The molecule has 0 saturated carbocycles. The first kappa shape index (κ1) is 9.51. The molecule has 0 fully saturated rings. The normalized spacial score (nSPS) is 15.1. The van der Waals surface area contributed by atoms with Crippen LogP contribution in [-0.4, -0.2) is 31.6 Å². The zero-order valence-electron chi connectivity index (χ0n) is 7.64. The number of carboxylic acid groups (broad SMARTS) is 1. The van der Waals surface area contributed by atoms with E-state index in [4.69, 9.17) is 5.11 Å². The van der Waals surface area contributed by atoms with Crippen molar-refractivity contribution in [2.75, 3.05) is 5.75 Å². The molecule has 0 radical (unpaired) electrons. The number of aryl methyl sites for hydroxylation is 1. The molecule has 2 heterocycles. The highest BCUT2D eigenvalue weighted by molar-refractivity contribution is 7.98.